The number of nitrogens with zero attached hydrogens (tertiary/aromatic N) is 1. The number of rotatable bonds is 2. The third-order valence-electron chi connectivity index (χ3n) is 1.13. The first kappa shape index (κ1) is 13.4. The maximum absolute atomic E-state index is 10.1. The molecule has 9 heteroatoms. The Balaban J connectivity index is 0.000000288. The number of anilines is 1. The molecule has 0 spiro atoms. The molecule has 0 saturated carbocycles. The zero-order valence-corrected chi connectivity index (χ0v) is 8.78. The Labute approximate surface area is 86.6 Å². The summed E-state index contributed by atoms with van der Waals surface area (Å²) < 4.78 is 26.9. The molecule has 0 bridgehead atoms. The highest BCUT2D eigenvalue weighted by Gasteiger charge is 1.93. The Hall–Kier alpha value is -1.61. The van der Waals surface area contributed by atoms with Crippen LogP contribution in [0, 0.1) is 0 Å². The minimum Gasteiger partial charge on any atom is -0.351 e. The van der Waals surface area contributed by atoms with Gasteiger partial charge in [0.1, 0.15) is 0 Å². The van der Waals surface area contributed by atoms with Gasteiger partial charge in [0.05, 0.1) is 17.6 Å². The van der Waals surface area contributed by atoms with Gasteiger partial charge >= 0.3 is 6.03 Å². The molecular weight excluding hydrogens is 224 g/mol. The van der Waals surface area contributed by atoms with Crippen molar-refractivity contribution in [3.63, 3.8) is 0 Å². The number of carbonyl (C=O) groups is 1. The number of nitrogens with one attached hydrogen (secondary N) is 2. The van der Waals surface area contributed by atoms with Crippen molar-refractivity contribution in [2.24, 2.45) is 5.73 Å². The number of hydrogen-bond donors (Lipinski definition) is 4. The van der Waals surface area contributed by atoms with E-state index in [1.165, 1.54) is 19.3 Å². The fourth-order valence-electron chi connectivity index (χ4n) is 0.462. The molecule has 0 aliphatic heterocycles. The minimum atomic E-state index is -3.66. The molecule has 0 aliphatic rings. The molecule has 5 N–H and O–H groups in total. The topological polar surface area (TPSA) is 138 Å². The van der Waals surface area contributed by atoms with E-state index in [1.54, 1.807) is 0 Å². The Bertz CT molecular complexity index is 385. The number of H-pyrrole nitrogens is 1. The summed E-state index contributed by atoms with van der Waals surface area (Å²) in [4.78, 5) is 10.1. The molecule has 8 nitrogen and oxygen atoms in total. The van der Waals surface area contributed by atoms with E-state index in [0.29, 0.717) is 5.69 Å². The molecule has 0 atom stereocenters. The Morgan fingerprint density at radius 3 is 2.53 bits per heavy atom. The van der Waals surface area contributed by atoms with Crippen LogP contribution in [-0.4, -0.2) is 35.0 Å². The molecular formula is C6H12N4O4S. The summed E-state index contributed by atoms with van der Waals surface area (Å²) in [5.74, 6) is -0.201. The number of nitrogens with two attached hydrogens (primary N) is 1. The highest BCUT2D eigenvalue weighted by molar-refractivity contribution is 7.85. The number of urea groups is 1. The summed E-state index contributed by atoms with van der Waals surface area (Å²) in [5, 5.41) is 8.42. The predicted molar refractivity (Wildman–Crippen MR) is 53.9 cm³/mol. The van der Waals surface area contributed by atoms with Crippen molar-refractivity contribution in [1.82, 2.24) is 10.2 Å². The van der Waals surface area contributed by atoms with Crippen LogP contribution < -0.4 is 11.1 Å². The van der Waals surface area contributed by atoms with Crippen molar-refractivity contribution in [3.8, 4) is 0 Å². The van der Waals surface area contributed by atoms with Gasteiger partial charge in [-0.05, 0) is 6.92 Å². The fraction of sp³-hybridized carbons (Fsp3) is 0.333. The average Bonchev–Trinajstić information content (AvgIpc) is 2.55. The van der Waals surface area contributed by atoms with Gasteiger partial charge in [-0.1, -0.05) is 0 Å². The quantitative estimate of drug-likeness (QED) is 0.526. The van der Waals surface area contributed by atoms with E-state index in [-0.39, 0.29) is 5.75 Å². The number of primary amides is 1. The molecule has 15 heavy (non-hydrogen) atoms. The summed E-state index contributed by atoms with van der Waals surface area (Å²) in [6.07, 6.45) is 3.00. The third kappa shape index (κ3) is 8.71. The lowest BCUT2D eigenvalue weighted by Crippen LogP contribution is -2.18. The first-order valence-corrected chi connectivity index (χ1v) is 5.46. The van der Waals surface area contributed by atoms with Crippen LogP contribution in [0.4, 0.5) is 10.5 Å². The number of carbonyl (C=O) groups excluding carboxylic acids is 1. The first-order valence-electron chi connectivity index (χ1n) is 3.85. The lowest BCUT2D eigenvalue weighted by atomic mass is 10.6. The van der Waals surface area contributed by atoms with Crippen molar-refractivity contribution in [2.75, 3.05) is 11.1 Å². The molecule has 0 saturated heterocycles. The second-order valence-electron chi connectivity index (χ2n) is 2.35. The second kappa shape index (κ2) is 5.98. The van der Waals surface area contributed by atoms with Gasteiger partial charge in [0, 0.05) is 6.20 Å². The molecule has 1 aromatic heterocycles. The van der Waals surface area contributed by atoms with Crippen LogP contribution >= 0.6 is 0 Å². The highest BCUT2D eigenvalue weighted by atomic mass is 32.2. The molecule has 1 aromatic rings. The lowest BCUT2D eigenvalue weighted by Gasteiger charge is -1.91. The highest BCUT2D eigenvalue weighted by Crippen LogP contribution is 1.98. The van der Waals surface area contributed by atoms with E-state index in [4.69, 9.17) is 10.3 Å². The maximum atomic E-state index is 10.1. The Morgan fingerprint density at radius 2 is 2.27 bits per heavy atom. The van der Waals surface area contributed by atoms with Gasteiger partial charge in [-0.25, -0.2) is 4.79 Å². The molecule has 86 valence electrons. The van der Waals surface area contributed by atoms with Gasteiger partial charge in [-0.15, -0.1) is 0 Å². The standard InChI is InChI=1S/C4H6N4O.C2H6O3S/c5-4(9)8-3-1-6-7-2-3;1-2-6(3,4)5/h1-2H,(H,6,7)(H3,5,8,9);2H2,1H3,(H,3,4,5). The normalized spacial score (nSPS) is 10.0. The molecule has 0 unspecified atom stereocenters. The van der Waals surface area contributed by atoms with Crippen molar-refractivity contribution >= 4 is 21.8 Å². The van der Waals surface area contributed by atoms with Crippen LogP contribution in [0.3, 0.4) is 0 Å². The molecule has 0 fully saturated rings. The van der Waals surface area contributed by atoms with E-state index in [9.17, 15) is 13.2 Å². The minimum absolute atomic E-state index is 0.201. The molecule has 1 heterocycles. The van der Waals surface area contributed by atoms with Crippen LogP contribution in [-0.2, 0) is 10.1 Å². The van der Waals surface area contributed by atoms with E-state index in [1.807, 2.05) is 0 Å². The van der Waals surface area contributed by atoms with Gasteiger partial charge in [-0.2, -0.15) is 13.5 Å². The molecule has 0 aromatic carbocycles. The zero-order chi connectivity index (χ0) is 11.9. The van der Waals surface area contributed by atoms with Crippen LogP contribution in [0.15, 0.2) is 12.4 Å². The summed E-state index contributed by atoms with van der Waals surface area (Å²) in [6, 6.07) is -0.587. The maximum Gasteiger partial charge on any atom is 0.316 e. The second-order valence-corrected chi connectivity index (χ2v) is 4.09. The zero-order valence-electron chi connectivity index (χ0n) is 7.97. The van der Waals surface area contributed by atoms with Crippen molar-refractivity contribution in [1.29, 1.82) is 0 Å². The number of aromatic amines is 1. The summed E-state index contributed by atoms with van der Waals surface area (Å²) in [6.45, 7) is 1.37. The molecule has 2 amide bonds. The Morgan fingerprint density at radius 1 is 1.73 bits per heavy atom. The van der Waals surface area contributed by atoms with Gasteiger partial charge < -0.3 is 11.1 Å². The van der Waals surface area contributed by atoms with E-state index in [2.05, 4.69) is 15.5 Å². The van der Waals surface area contributed by atoms with Crippen LogP contribution in [0.25, 0.3) is 0 Å². The van der Waals surface area contributed by atoms with Crippen molar-refractivity contribution in [3.05, 3.63) is 12.4 Å². The number of amides is 2. The molecule has 1 rings (SSSR count). The number of aromatic nitrogens is 2. The van der Waals surface area contributed by atoms with Crippen LogP contribution in [0.1, 0.15) is 6.92 Å². The van der Waals surface area contributed by atoms with Crippen LogP contribution in [0.2, 0.25) is 0 Å². The summed E-state index contributed by atoms with van der Waals surface area (Å²) in [5.41, 5.74) is 5.36. The first-order chi connectivity index (χ1) is 6.85. The monoisotopic (exact) mass is 236 g/mol. The van der Waals surface area contributed by atoms with Gasteiger partial charge in [0.25, 0.3) is 10.1 Å². The SMILES string of the molecule is CCS(=O)(=O)O.NC(=O)Nc1cn[nH]c1. The van der Waals surface area contributed by atoms with E-state index < -0.39 is 16.1 Å². The predicted octanol–water partition coefficient (Wildman–Crippen LogP) is -0.206. The molecule has 0 aliphatic carbocycles. The van der Waals surface area contributed by atoms with Gasteiger partial charge in [-0.3, -0.25) is 9.65 Å². The lowest BCUT2D eigenvalue weighted by molar-refractivity contribution is 0.259. The smallest absolute Gasteiger partial charge is 0.316 e. The van der Waals surface area contributed by atoms with Gasteiger partial charge in [0.15, 0.2) is 0 Å². The number of hydrogen-bond acceptors (Lipinski definition) is 4. The van der Waals surface area contributed by atoms with E-state index >= 15 is 0 Å². The van der Waals surface area contributed by atoms with Gasteiger partial charge in [0.2, 0.25) is 0 Å². The third-order valence-corrected chi connectivity index (χ3v) is 1.86. The summed E-state index contributed by atoms with van der Waals surface area (Å²) >= 11 is 0. The van der Waals surface area contributed by atoms with Crippen molar-refractivity contribution in [2.45, 2.75) is 6.92 Å². The molecule has 0 radical (unpaired) electrons. The van der Waals surface area contributed by atoms with E-state index in [0.717, 1.165) is 0 Å². The summed E-state index contributed by atoms with van der Waals surface area (Å²) in [7, 11) is -3.66. The van der Waals surface area contributed by atoms with Crippen molar-refractivity contribution < 1.29 is 17.8 Å². The fourth-order valence-corrected chi connectivity index (χ4v) is 0.462. The largest absolute Gasteiger partial charge is 0.351 e. The average molecular weight is 236 g/mol. The van der Waals surface area contributed by atoms with Crippen LogP contribution in [0.5, 0.6) is 0 Å². The Kier molecular flexibility index (Phi) is 5.34.